The first-order valence-corrected chi connectivity index (χ1v) is 8.95. The van der Waals surface area contributed by atoms with Crippen LogP contribution in [-0.4, -0.2) is 50.5 Å². The molecule has 0 spiro atoms. The number of anilines is 1. The molecule has 1 aromatic carbocycles. The van der Waals surface area contributed by atoms with Crippen molar-refractivity contribution < 1.29 is 9.84 Å². The summed E-state index contributed by atoms with van der Waals surface area (Å²) in [6, 6.07) is 5.65. The number of aromatic hydroxyl groups is 1. The number of phenolic OH excluding ortho intramolecular Hbond substituents is 1. The molecule has 136 valence electrons. The Morgan fingerprint density at radius 2 is 2.12 bits per heavy atom. The zero-order chi connectivity index (χ0) is 18.3. The Labute approximate surface area is 152 Å². The fraction of sp³-hybridized carbons (Fsp3) is 0.421. The number of morpholine rings is 1. The van der Waals surface area contributed by atoms with Crippen LogP contribution in [0.2, 0.25) is 0 Å². The van der Waals surface area contributed by atoms with Crippen molar-refractivity contribution in [2.75, 3.05) is 24.6 Å². The van der Waals surface area contributed by atoms with Crippen LogP contribution in [0.4, 0.5) is 5.95 Å². The van der Waals surface area contributed by atoms with E-state index in [9.17, 15) is 5.11 Å². The van der Waals surface area contributed by atoms with Gasteiger partial charge in [0.25, 0.3) is 5.78 Å². The molecule has 0 aliphatic carbocycles. The first-order valence-electron chi connectivity index (χ1n) is 8.95. The Bertz CT molecular complexity index is 929. The second-order valence-electron chi connectivity index (χ2n) is 6.79. The van der Waals surface area contributed by atoms with Gasteiger partial charge in [0, 0.05) is 24.8 Å². The van der Waals surface area contributed by atoms with Crippen molar-refractivity contribution in [2.24, 2.45) is 0 Å². The predicted octanol–water partition coefficient (Wildman–Crippen LogP) is 2.73. The maximum Gasteiger partial charge on any atom is 0.254 e. The largest absolute Gasteiger partial charge is 0.507 e. The molecule has 1 aliphatic rings. The van der Waals surface area contributed by atoms with Gasteiger partial charge in [0.15, 0.2) is 0 Å². The minimum Gasteiger partial charge on any atom is -0.507 e. The van der Waals surface area contributed by atoms with Gasteiger partial charge in [0.1, 0.15) is 5.75 Å². The molecule has 26 heavy (non-hydrogen) atoms. The fourth-order valence-corrected chi connectivity index (χ4v) is 3.47. The molecular weight excluding hydrogens is 330 g/mol. The molecule has 7 nitrogen and oxygen atoms in total. The molecule has 3 aromatic rings. The van der Waals surface area contributed by atoms with Crippen LogP contribution in [0.5, 0.6) is 5.75 Å². The van der Waals surface area contributed by atoms with Crippen molar-refractivity contribution in [2.45, 2.75) is 33.3 Å². The maximum atomic E-state index is 10.4. The van der Waals surface area contributed by atoms with E-state index >= 15 is 0 Å². The number of ether oxygens (including phenoxy) is 1. The lowest BCUT2D eigenvalue weighted by atomic mass is 10.0. The maximum absolute atomic E-state index is 10.4. The van der Waals surface area contributed by atoms with Crippen molar-refractivity contribution in [3.05, 3.63) is 35.5 Å². The highest BCUT2D eigenvalue weighted by molar-refractivity contribution is 5.72. The summed E-state index contributed by atoms with van der Waals surface area (Å²) in [5.41, 5.74) is 3.44. The lowest BCUT2D eigenvalue weighted by Gasteiger charge is -2.31. The molecule has 1 atom stereocenters. The quantitative estimate of drug-likeness (QED) is 0.780. The second kappa shape index (κ2) is 6.57. The molecule has 1 N–H and O–H groups in total. The normalized spacial score (nSPS) is 17.8. The number of hydrogen-bond donors (Lipinski definition) is 1. The Hall–Kier alpha value is -2.67. The SMILES string of the molecule is CCC1CN(c2nc3nc(-c4c(C)cc(C)cc4O)ccn3n2)CCO1. The van der Waals surface area contributed by atoms with Crippen molar-refractivity contribution >= 4 is 11.7 Å². The number of aryl methyl sites for hydroxylation is 2. The summed E-state index contributed by atoms with van der Waals surface area (Å²) < 4.78 is 7.39. The molecule has 0 radical (unpaired) electrons. The summed E-state index contributed by atoms with van der Waals surface area (Å²) in [5, 5.41) is 14.9. The zero-order valence-electron chi connectivity index (χ0n) is 15.3. The van der Waals surface area contributed by atoms with Gasteiger partial charge in [-0.05, 0) is 43.5 Å². The fourth-order valence-electron chi connectivity index (χ4n) is 3.47. The number of rotatable bonds is 3. The average Bonchev–Trinajstić information content (AvgIpc) is 3.04. The lowest BCUT2D eigenvalue weighted by molar-refractivity contribution is 0.0379. The Morgan fingerprint density at radius 1 is 1.27 bits per heavy atom. The number of aromatic nitrogens is 4. The summed E-state index contributed by atoms with van der Waals surface area (Å²) in [5.74, 6) is 1.43. The van der Waals surface area contributed by atoms with E-state index in [1.807, 2.05) is 32.2 Å². The zero-order valence-corrected chi connectivity index (χ0v) is 15.3. The number of nitrogens with zero attached hydrogens (tertiary/aromatic N) is 5. The summed E-state index contributed by atoms with van der Waals surface area (Å²) in [6.07, 6.45) is 3.02. The molecule has 0 saturated carbocycles. The van der Waals surface area contributed by atoms with Gasteiger partial charge in [-0.2, -0.15) is 4.98 Å². The molecule has 2 aromatic heterocycles. The monoisotopic (exact) mass is 353 g/mol. The van der Waals surface area contributed by atoms with Crippen LogP contribution in [0.15, 0.2) is 24.4 Å². The third-order valence-electron chi connectivity index (χ3n) is 4.79. The van der Waals surface area contributed by atoms with E-state index in [2.05, 4.69) is 26.9 Å². The van der Waals surface area contributed by atoms with Gasteiger partial charge in [0.05, 0.1) is 18.4 Å². The van der Waals surface area contributed by atoms with Gasteiger partial charge in [0.2, 0.25) is 5.95 Å². The molecule has 0 amide bonds. The molecule has 7 heteroatoms. The molecule has 4 rings (SSSR count). The Balaban J connectivity index is 1.71. The first-order chi connectivity index (χ1) is 12.5. The van der Waals surface area contributed by atoms with E-state index in [0.717, 1.165) is 36.2 Å². The van der Waals surface area contributed by atoms with E-state index < -0.39 is 0 Å². The average molecular weight is 353 g/mol. The highest BCUT2D eigenvalue weighted by Gasteiger charge is 2.22. The highest BCUT2D eigenvalue weighted by Crippen LogP contribution is 2.32. The number of fused-ring (bicyclic) bond motifs is 1. The van der Waals surface area contributed by atoms with E-state index in [-0.39, 0.29) is 11.9 Å². The van der Waals surface area contributed by atoms with Crippen LogP contribution >= 0.6 is 0 Å². The Morgan fingerprint density at radius 3 is 2.88 bits per heavy atom. The van der Waals surface area contributed by atoms with E-state index in [1.165, 1.54) is 0 Å². The summed E-state index contributed by atoms with van der Waals surface area (Å²) in [4.78, 5) is 11.4. The predicted molar refractivity (Wildman–Crippen MR) is 99.6 cm³/mol. The smallest absolute Gasteiger partial charge is 0.254 e. The van der Waals surface area contributed by atoms with Gasteiger partial charge in [-0.25, -0.2) is 9.50 Å². The molecular formula is C19H23N5O2. The number of phenols is 1. The van der Waals surface area contributed by atoms with E-state index in [4.69, 9.17) is 4.74 Å². The molecule has 3 heterocycles. The van der Waals surface area contributed by atoms with Gasteiger partial charge in [-0.15, -0.1) is 5.10 Å². The van der Waals surface area contributed by atoms with Crippen LogP contribution in [0, 0.1) is 13.8 Å². The first kappa shape index (κ1) is 16.8. The molecule has 1 saturated heterocycles. The topological polar surface area (TPSA) is 75.8 Å². The third kappa shape index (κ3) is 2.99. The lowest BCUT2D eigenvalue weighted by Crippen LogP contribution is -2.42. The van der Waals surface area contributed by atoms with Gasteiger partial charge in [-0.3, -0.25) is 0 Å². The Kier molecular flexibility index (Phi) is 4.24. The summed E-state index contributed by atoms with van der Waals surface area (Å²) >= 11 is 0. The second-order valence-corrected chi connectivity index (χ2v) is 6.79. The van der Waals surface area contributed by atoms with Crippen molar-refractivity contribution in [3.63, 3.8) is 0 Å². The van der Waals surface area contributed by atoms with Gasteiger partial charge >= 0.3 is 0 Å². The number of benzene rings is 1. The van der Waals surface area contributed by atoms with Gasteiger partial charge in [-0.1, -0.05) is 13.0 Å². The van der Waals surface area contributed by atoms with Crippen molar-refractivity contribution in [3.8, 4) is 17.0 Å². The van der Waals surface area contributed by atoms with Crippen molar-refractivity contribution in [1.82, 2.24) is 19.6 Å². The van der Waals surface area contributed by atoms with Crippen molar-refractivity contribution in [1.29, 1.82) is 0 Å². The third-order valence-corrected chi connectivity index (χ3v) is 4.79. The minimum absolute atomic E-state index is 0.214. The van der Waals surface area contributed by atoms with Gasteiger partial charge < -0.3 is 14.7 Å². The van der Waals surface area contributed by atoms with Crippen LogP contribution in [-0.2, 0) is 4.74 Å². The van der Waals surface area contributed by atoms with Crippen LogP contribution < -0.4 is 4.90 Å². The molecule has 0 bridgehead atoms. The standard InChI is InChI=1S/C19H23N5O2/c1-4-14-11-23(7-8-26-14)19-21-18-20-15(5-6-24(18)22-19)17-13(3)9-12(2)10-16(17)25/h5-6,9-10,14,25H,4,7-8,11H2,1-3H3. The summed E-state index contributed by atoms with van der Waals surface area (Å²) in [7, 11) is 0. The van der Waals surface area contributed by atoms with Crippen LogP contribution in [0.25, 0.3) is 17.0 Å². The van der Waals surface area contributed by atoms with E-state index in [1.54, 1.807) is 10.6 Å². The van der Waals surface area contributed by atoms with E-state index in [0.29, 0.717) is 24.0 Å². The van der Waals surface area contributed by atoms with Crippen LogP contribution in [0.1, 0.15) is 24.5 Å². The van der Waals surface area contributed by atoms with Crippen LogP contribution in [0.3, 0.4) is 0 Å². The molecule has 1 aliphatic heterocycles. The molecule has 1 fully saturated rings. The number of hydrogen-bond acceptors (Lipinski definition) is 6. The highest BCUT2D eigenvalue weighted by atomic mass is 16.5. The molecule has 1 unspecified atom stereocenters. The summed E-state index contributed by atoms with van der Waals surface area (Å²) in [6.45, 7) is 8.31. The minimum atomic E-state index is 0.214.